The Morgan fingerprint density at radius 2 is 1.71 bits per heavy atom. The first-order chi connectivity index (χ1) is 19.4. The number of hydrogen-bond acceptors (Lipinski definition) is 6. The van der Waals surface area contributed by atoms with E-state index in [1.54, 1.807) is 28.0 Å². The molecule has 0 radical (unpaired) electrons. The molecule has 2 fully saturated rings. The SMILES string of the molecule is Cc1ccc(CN2CC(C)N(C(=O)c3cc4c(C(=O)C(=O)N5CCC(O)C5)cn(N(C)C)c4cc3Cl)C[C@@H]2C)cc1. The van der Waals surface area contributed by atoms with Crippen molar-refractivity contribution >= 4 is 40.1 Å². The lowest BCUT2D eigenvalue weighted by molar-refractivity contribution is -0.125. The topological polar surface area (TPSA) is 89.3 Å². The van der Waals surface area contributed by atoms with Gasteiger partial charge in [-0.3, -0.25) is 24.0 Å². The molecule has 2 unspecified atom stereocenters. The zero-order chi connectivity index (χ0) is 29.6. The minimum absolute atomic E-state index is 0.0495. The lowest BCUT2D eigenvalue weighted by Gasteiger charge is -2.44. The molecule has 218 valence electrons. The lowest BCUT2D eigenvalue weighted by atomic mass is 10.0. The third-order valence-corrected chi connectivity index (χ3v) is 8.62. The minimum Gasteiger partial charge on any atom is -0.391 e. The maximum Gasteiger partial charge on any atom is 0.295 e. The first-order valence-corrected chi connectivity index (χ1v) is 14.5. The number of amides is 2. The van der Waals surface area contributed by atoms with Gasteiger partial charge in [0.2, 0.25) is 0 Å². The highest BCUT2D eigenvalue weighted by molar-refractivity contribution is 6.45. The molecule has 0 spiro atoms. The number of aromatic nitrogens is 1. The van der Waals surface area contributed by atoms with Crippen LogP contribution in [0.3, 0.4) is 0 Å². The van der Waals surface area contributed by atoms with E-state index in [0.717, 1.165) is 13.1 Å². The Morgan fingerprint density at radius 3 is 2.34 bits per heavy atom. The van der Waals surface area contributed by atoms with Crippen LogP contribution in [0.4, 0.5) is 0 Å². The smallest absolute Gasteiger partial charge is 0.295 e. The molecule has 2 saturated heterocycles. The van der Waals surface area contributed by atoms with Gasteiger partial charge in [-0.2, -0.15) is 0 Å². The van der Waals surface area contributed by atoms with Crippen molar-refractivity contribution in [1.82, 2.24) is 19.4 Å². The van der Waals surface area contributed by atoms with Gasteiger partial charge in [-0.1, -0.05) is 41.4 Å². The van der Waals surface area contributed by atoms with Crippen LogP contribution in [0.5, 0.6) is 0 Å². The van der Waals surface area contributed by atoms with Crippen molar-refractivity contribution in [3.05, 3.63) is 69.9 Å². The van der Waals surface area contributed by atoms with Crippen molar-refractivity contribution in [2.75, 3.05) is 45.3 Å². The van der Waals surface area contributed by atoms with Crippen LogP contribution in [0, 0.1) is 6.92 Å². The van der Waals surface area contributed by atoms with Gasteiger partial charge >= 0.3 is 0 Å². The number of aliphatic hydroxyl groups excluding tert-OH is 1. The van der Waals surface area contributed by atoms with Crippen molar-refractivity contribution < 1.29 is 19.5 Å². The number of Topliss-reactive ketones (excluding diaryl/α,β-unsaturated/α-hetero) is 1. The molecule has 2 aliphatic heterocycles. The lowest BCUT2D eigenvalue weighted by Crippen LogP contribution is -2.57. The van der Waals surface area contributed by atoms with Gasteiger partial charge in [-0.25, -0.2) is 0 Å². The molecule has 3 aromatic rings. The highest BCUT2D eigenvalue weighted by atomic mass is 35.5. The van der Waals surface area contributed by atoms with E-state index in [4.69, 9.17) is 11.6 Å². The molecule has 3 heterocycles. The first kappa shape index (κ1) is 29.1. The summed E-state index contributed by atoms with van der Waals surface area (Å²) in [5, 5.41) is 12.4. The maximum atomic E-state index is 13.9. The number of fused-ring (bicyclic) bond motifs is 1. The fourth-order valence-electron chi connectivity index (χ4n) is 5.87. The van der Waals surface area contributed by atoms with Crippen LogP contribution < -0.4 is 5.01 Å². The summed E-state index contributed by atoms with van der Waals surface area (Å²) in [4.78, 5) is 46.0. The Labute approximate surface area is 245 Å². The van der Waals surface area contributed by atoms with Gasteiger partial charge in [0.15, 0.2) is 0 Å². The number of β-amino-alcohol motifs (C(OH)–C–C–N with tert-alkyl or cyclic N) is 1. The van der Waals surface area contributed by atoms with Gasteiger partial charge in [0.1, 0.15) is 0 Å². The molecule has 41 heavy (non-hydrogen) atoms. The zero-order valence-electron chi connectivity index (χ0n) is 24.3. The van der Waals surface area contributed by atoms with Crippen molar-refractivity contribution in [2.24, 2.45) is 0 Å². The number of halogens is 1. The number of carbonyl (C=O) groups is 3. The summed E-state index contributed by atoms with van der Waals surface area (Å²) >= 11 is 6.72. The minimum atomic E-state index is -0.669. The summed E-state index contributed by atoms with van der Waals surface area (Å²) in [7, 11) is 3.64. The molecule has 2 amide bonds. The molecule has 0 saturated carbocycles. The Morgan fingerprint density at radius 1 is 1.00 bits per heavy atom. The number of aryl methyl sites for hydroxylation is 1. The predicted molar refractivity (Wildman–Crippen MR) is 160 cm³/mol. The number of rotatable bonds is 6. The molecule has 0 aliphatic carbocycles. The van der Waals surface area contributed by atoms with E-state index in [1.165, 1.54) is 16.0 Å². The second-order valence-corrected chi connectivity index (χ2v) is 12.1. The maximum absolute atomic E-state index is 13.9. The molecule has 10 heteroatoms. The van der Waals surface area contributed by atoms with E-state index < -0.39 is 17.8 Å². The highest BCUT2D eigenvalue weighted by Crippen LogP contribution is 2.31. The van der Waals surface area contributed by atoms with Crippen molar-refractivity contribution in [3.63, 3.8) is 0 Å². The number of hydrogen-bond donors (Lipinski definition) is 1. The van der Waals surface area contributed by atoms with E-state index in [2.05, 4.69) is 43.0 Å². The van der Waals surface area contributed by atoms with Crippen LogP contribution >= 0.6 is 11.6 Å². The van der Waals surface area contributed by atoms with E-state index in [1.807, 2.05) is 25.9 Å². The van der Waals surface area contributed by atoms with Gasteiger partial charge in [0.05, 0.1) is 27.8 Å². The quantitative estimate of drug-likeness (QED) is 0.356. The summed E-state index contributed by atoms with van der Waals surface area (Å²) in [6, 6.07) is 12.0. The Bertz CT molecular complexity index is 1480. The third kappa shape index (κ3) is 5.71. The number of carbonyl (C=O) groups excluding carboxylic acids is 3. The van der Waals surface area contributed by atoms with E-state index in [-0.39, 0.29) is 30.1 Å². The number of benzene rings is 2. The van der Waals surface area contributed by atoms with E-state index in [9.17, 15) is 19.5 Å². The number of piperazine rings is 1. The summed E-state index contributed by atoms with van der Waals surface area (Å²) < 4.78 is 1.74. The molecule has 9 nitrogen and oxygen atoms in total. The van der Waals surface area contributed by atoms with Gasteiger partial charge < -0.3 is 19.9 Å². The van der Waals surface area contributed by atoms with Crippen molar-refractivity contribution in [3.8, 4) is 0 Å². The van der Waals surface area contributed by atoms with Crippen molar-refractivity contribution in [2.45, 2.75) is 51.9 Å². The first-order valence-electron chi connectivity index (χ1n) is 14.1. The Balaban J connectivity index is 1.43. The standard InChI is InChI=1S/C31H38ClN5O4/c1-19-6-8-22(9-7-19)16-35-14-21(3)36(15-20(35)2)30(40)25-12-24-26(18-37(33(4)5)28(24)13-27(25)32)29(39)31(41)34-11-10-23(38)17-34/h6-9,12-13,18,20-21,23,38H,10-11,14-17H2,1-5H3/t20-,21?,23?/m0/s1. The summed E-state index contributed by atoms with van der Waals surface area (Å²) in [6.45, 7) is 8.79. The molecule has 3 atom stereocenters. The number of nitrogens with zero attached hydrogens (tertiary/aromatic N) is 5. The highest BCUT2D eigenvalue weighted by Gasteiger charge is 2.35. The molecular weight excluding hydrogens is 542 g/mol. The second-order valence-electron chi connectivity index (χ2n) is 11.7. The van der Waals surface area contributed by atoms with Gasteiger partial charge in [-0.05, 0) is 44.9 Å². The molecule has 1 aromatic heterocycles. The average molecular weight is 580 g/mol. The van der Waals surface area contributed by atoms with E-state index >= 15 is 0 Å². The van der Waals surface area contributed by atoms with Crippen LogP contribution in [0.1, 0.15) is 52.1 Å². The van der Waals surface area contributed by atoms with Crippen LogP contribution in [0.25, 0.3) is 10.9 Å². The Hall–Kier alpha value is -3.40. The molecule has 1 N–H and O–H groups in total. The monoisotopic (exact) mass is 579 g/mol. The number of likely N-dealkylation sites (tertiary alicyclic amines) is 1. The van der Waals surface area contributed by atoms with Crippen molar-refractivity contribution in [1.29, 1.82) is 0 Å². The summed E-state index contributed by atoms with van der Waals surface area (Å²) in [5.41, 5.74) is 3.60. The molecule has 2 aliphatic rings. The largest absolute Gasteiger partial charge is 0.391 e. The molecule has 5 rings (SSSR count). The predicted octanol–water partition coefficient (Wildman–Crippen LogP) is 3.31. The summed E-state index contributed by atoms with van der Waals surface area (Å²) in [6.07, 6.45) is 1.43. The van der Waals surface area contributed by atoms with Gasteiger partial charge in [0, 0.05) is 70.5 Å². The average Bonchev–Trinajstić information content (AvgIpc) is 3.53. The fraction of sp³-hybridized carbons (Fsp3) is 0.452. The molecule has 2 aromatic carbocycles. The normalized spacial score (nSPS) is 21.5. The van der Waals surface area contributed by atoms with Gasteiger partial charge in [-0.15, -0.1) is 0 Å². The number of ketones is 1. The third-order valence-electron chi connectivity index (χ3n) is 8.31. The number of aliphatic hydroxyl groups is 1. The molecule has 0 bridgehead atoms. The Kier molecular flexibility index (Phi) is 8.14. The van der Waals surface area contributed by atoms with E-state index in [0.29, 0.717) is 41.0 Å². The van der Waals surface area contributed by atoms with Crippen LogP contribution in [-0.2, 0) is 11.3 Å². The van der Waals surface area contributed by atoms with Crippen LogP contribution in [-0.4, -0.2) is 101 Å². The fourth-order valence-corrected chi connectivity index (χ4v) is 6.11. The summed E-state index contributed by atoms with van der Waals surface area (Å²) in [5.74, 6) is -1.53. The van der Waals surface area contributed by atoms with Gasteiger partial charge in [0.25, 0.3) is 17.6 Å². The van der Waals surface area contributed by atoms with Crippen LogP contribution in [0.15, 0.2) is 42.6 Å². The molecular formula is C31H38ClN5O4. The second kappa shape index (κ2) is 11.5. The zero-order valence-corrected chi connectivity index (χ0v) is 25.1. The van der Waals surface area contributed by atoms with Crippen LogP contribution in [0.2, 0.25) is 5.02 Å².